The van der Waals surface area contributed by atoms with Crippen LogP contribution in [0.3, 0.4) is 0 Å². The second-order valence-corrected chi connectivity index (χ2v) is 6.33. The van der Waals surface area contributed by atoms with Gasteiger partial charge in [-0.2, -0.15) is 0 Å². The molecule has 0 fully saturated rings. The lowest BCUT2D eigenvalue weighted by molar-refractivity contribution is 0.0696. The molecule has 0 saturated heterocycles. The molecule has 1 aliphatic carbocycles. The van der Waals surface area contributed by atoms with Crippen LogP contribution in [0.4, 0.5) is 0 Å². The maximum absolute atomic E-state index is 12.6. The Labute approximate surface area is 139 Å². The summed E-state index contributed by atoms with van der Waals surface area (Å²) in [5.41, 5.74) is 3.46. The Hall–Kier alpha value is -2.33. The summed E-state index contributed by atoms with van der Waals surface area (Å²) in [6.45, 7) is 0. The summed E-state index contributed by atoms with van der Waals surface area (Å²) in [7, 11) is 0. The number of ketones is 1. The van der Waals surface area contributed by atoms with Crippen LogP contribution in [0.1, 0.15) is 38.3 Å². The van der Waals surface area contributed by atoms with Gasteiger partial charge in [0.1, 0.15) is 0 Å². The summed E-state index contributed by atoms with van der Waals surface area (Å²) in [4.78, 5) is 24.8. The van der Waals surface area contributed by atoms with E-state index in [-0.39, 0.29) is 11.3 Å². The van der Waals surface area contributed by atoms with E-state index in [1.165, 1.54) is 11.0 Å². The Bertz CT molecular complexity index is 804. The van der Waals surface area contributed by atoms with Crippen molar-refractivity contribution in [2.24, 2.45) is 0 Å². The SMILES string of the molecule is CSc1ccc(C=C2CCc3cc(C(=O)O)ccc3C2=O)cc1. The second-order valence-electron chi connectivity index (χ2n) is 5.45. The van der Waals surface area contributed by atoms with E-state index in [1.807, 2.05) is 36.6 Å². The lowest BCUT2D eigenvalue weighted by atomic mass is 9.85. The van der Waals surface area contributed by atoms with E-state index in [1.54, 1.807) is 23.9 Å². The highest BCUT2D eigenvalue weighted by atomic mass is 32.2. The van der Waals surface area contributed by atoms with E-state index in [9.17, 15) is 9.59 Å². The number of aromatic carboxylic acids is 1. The van der Waals surface area contributed by atoms with Crippen LogP contribution in [0, 0.1) is 0 Å². The molecule has 116 valence electrons. The molecule has 1 aliphatic rings. The summed E-state index contributed by atoms with van der Waals surface area (Å²) in [6, 6.07) is 12.8. The number of allylic oxidation sites excluding steroid dienone is 1. The van der Waals surface area contributed by atoms with Gasteiger partial charge in [0.2, 0.25) is 0 Å². The van der Waals surface area contributed by atoms with E-state index in [4.69, 9.17) is 5.11 Å². The van der Waals surface area contributed by atoms with Gasteiger partial charge in [0.25, 0.3) is 0 Å². The molecule has 0 saturated carbocycles. The number of benzene rings is 2. The van der Waals surface area contributed by atoms with Gasteiger partial charge in [-0.1, -0.05) is 12.1 Å². The molecule has 0 spiro atoms. The van der Waals surface area contributed by atoms with Crippen molar-refractivity contribution < 1.29 is 14.7 Å². The Morgan fingerprint density at radius 1 is 1.13 bits per heavy atom. The fourth-order valence-corrected chi connectivity index (χ4v) is 3.16. The van der Waals surface area contributed by atoms with E-state index in [2.05, 4.69) is 0 Å². The zero-order chi connectivity index (χ0) is 16.4. The van der Waals surface area contributed by atoms with Crippen molar-refractivity contribution >= 4 is 29.6 Å². The predicted molar refractivity (Wildman–Crippen MR) is 92.3 cm³/mol. The van der Waals surface area contributed by atoms with Crippen LogP contribution >= 0.6 is 11.8 Å². The molecule has 3 rings (SSSR count). The van der Waals surface area contributed by atoms with Crippen molar-refractivity contribution in [1.82, 2.24) is 0 Å². The summed E-state index contributed by atoms with van der Waals surface area (Å²) >= 11 is 1.68. The maximum atomic E-state index is 12.6. The highest BCUT2D eigenvalue weighted by Gasteiger charge is 2.22. The number of carbonyl (C=O) groups is 2. The molecule has 0 amide bonds. The molecule has 0 radical (unpaired) electrons. The van der Waals surface area contributed by atoms with Crippen LogP contribution in [-0.4, -0.2) is 23.1 Å². The molecule has 0 heterocycles. The minimum absolute atomic E-state index is 0.00266. The van der Waals surface area contributed by atoms with Crippen LogP contribution in [0.25, 0.3) is 6.08 Å². The normalized spacial score (nSPS) is 15.5. The summed E-state index contributed by atoms with van der Waals surface area (Å²) in [5.74, 6) is -0.965. The zero-order valence-corrected chi connectivity index (χ0v) is 13.5. The number of carboxylic acid groups (broad SMARTS) is 1. The standard InChI is InChI=1S/C19H16O3S/c1-23-16-7-2-12(3-8-16)10-14-5-4-13-11-15(19(21)22)6-9-17(13)18(14)20/h2-3,6-11H,4-5H2,1H3,(H,21,22). The van der Waals surface area contributed by atoms with Crippen LogP contribution in [0.5, 0.6) is 0 Å². The third kappa shape index (κ3) is 3.22. The number of fused-ring (bicyclic) bond motifs is 1. The first kappa shape index (κ1) is 15.6. The van der Waals surface area contributed by atoms with Gasteiger partial charge in [-0.3, -0.25) is 4.79 Å². The van der Waals surface area contributed by atoms with E-state index in [0.29, 0.717) is 18.4 Å². The summed E-state index contributed by atoms with van der Waals surface area (Å²) in [5, 5.41) is 9.04. The van der Waals surface area contributed by atoms with Crippen LogP contribution in [0.15, 0.2) is 52.9 Å². The van der Waals surface area contributed by atoms with E-state index >= 15 is 0 Å². The van der Waals surface area contributed by atoms with Crippen molar-refractivity contribution in [3.63, 3.8) is 0 Å². The molecule has 2 aromatic carbocycles. The first-order valence-electron chi connectivity index (χ1n) is 7.34. The van der Waals surface area contributed by atoms with Gasteiger partial charge in [-0.15, -0.1) is 11.8 Å². The topological polar surface area (TPSA) is 54.4 Å². The molecule has 4 heteroatoms. The highest BCUT2D eigenvalue weighted by molar-refractivity contribution is 7.98. The molecule has 23 heavy (non-hydrogen) atoms. The van der Waals surface area contributed by atoms with Crippen molar-refractivity contribution in [3.8, 4) is 0 Å². The fourth-order valence-electron chi connectivity index (χ4n) is 2.75. The Balaban J connectivity index is 1.90. The number of hydrogen-bond donors (Lipinski definition) is 1. The number of carboxylic acids is 1. The third-order valence-electron chi connectivity index (χ3n) is 4.01. The monoisotopic (exact) mass is 324 g/mol. The van der Waals surface area contributed by atoms with E-state index < -0.39 is 5.97 Å². The van der Waals surface area contributed by atoms with Crippen LogP contribution in [0.2, 0.25) is 0 Å². The van der Waals surface area contributed by atoms with Crippen molar-refractivity contribution in [2.75, 3.05) is 6.26 Å². The number of aryl methyl sites for hydroxylation is 1. The minimum Gasteiger partial charge on any atom is -0.478 e. The second kappa shape index (κ2) is 6.42. The first-order chi connectivity index (χ1) is 11.1. The van der Waals surface area contributed by atoms with Crippen molar-refractivity contribution in [1.29, 1.82) is 0 Å². The van der Waals surface area contributed by atoms with Gasteiger partial charge in [0.15, 0.2) is 5.78 Å². The zero-order valence-electron chi connectivity index (χ0n) is 12.7. The molecule has 2 aromatic rings. The van der Waals surface area contributed by atoms with Gasteiger partial charge >= 0.3 is 5.97 Å². The largest absolute Gasteiger partial charge is 0.478 e. The van der Waals surface area contributed by atoms with Gasteiger partial charge in [0.05, 0.1) is 5.56 Å². The van der Waals surface area contributed by atoms with E-state index in [0.717, 1.165) is 16.7 Å². The molecule has 0 aliphatic heterocycles. The molecule has 0 aromatic heterocycles. The van der Waals surface area contributed by atoms with Gasteiger partial charge in [0, 0.05) is 16.0 Å². The fraction of sp³-hybridized carbons (Fsp3) is 0.158. The number of rotatable bonds is 3. The molecule has 0 atom stereocenters. The molecule has 0 bridgehead atoms. The first-order valence-corrected chi connectivity index (χ1v) is 8.56. The van der Waals surface area contributed by atoms with Gasteiger partial charge < -0.3 is 5.11 Å². The highest BCUT2D eigenvalue weighted by Crippen LogP contribution is 2.28. The van der Waals surface area contributed by atoms with Gasteiger partial charge in [-0.05, 0) is 66.6 Å². The molecule has 1 N–H and O–H groups in total. The molecule has 0 unspecified atom stereocenters. The Morgan fingerprint density at radius 3 is 2.52 bits per heavy atom. The Morgan fingerprint density at radius 2 is 1.87 bits per heavy atom. The predicted octanol–water partition coefficient (Wildman–Crippen LogP) is 4.32. The summed E-state index contributed by atoms with van der Waals surface area (Å²) < 4.78 is 0. The number of Topliss-reactive ketones (excluding diaryl/α,β-unsaturated/α-hetero) is 1. The average Bonchev–Trinajstić information content (AvgIpc) is 2.57. The van der Waals surface area contributed by atoms with Crippen molar-refractivity contribution in [3.05, 3.63) is 70.3 Å². The minimum atomic E-state index is -0.963. The number of hydrogen-bond acceptors (Lipinski definition) is 3. The third-order valence-corrected chi connectivity index (χ3v) is 4.75. The number of carbonyl (C=O) groups excluding carboxylic acids is 1. The lowest BCUT2D eigenvalue weighted by Gasteiger charge is -2.18. The smallest absolute Gasteiger partial charge is 0.335 e. The summed E-state index contributed by atoms with van der Waals surface area (Å²) in [6.07, 6.45) is 5.29. The molecular formula is C19H16O3S. The Kier molecular flexibility index (Phi) is 4.35. The maximum Gasteiger partial charge on any atom is 0.335 e. The van der Waals surface area contributed by atoms with Crippen LogP contribution in [-0.2, 0) is 6.42 Å². The lowest BCUT2D eigenvalue weighted by Crippen LogP contribution is -2.15. The van der Waals surface area contributed by atoms with Crippen LogP contribution < -0.4 is 0 Å². The molecule has 3 nitrogen and oxygen atoms in total. The average molecular weight is 324 g/mol. The number of thioether (sulfide) groups is 1. The molecular weight excluding hydrogens is 308 g/mol. The van der Waals surface area contributed by atoms with Gasteiger partial charge in [-0.25, -0.2) is 4.79 Å². The quantitative estimate of drug-likeness (QED) is 0.675. The van der Waals surface area contributed by atoms with Crippen molar-refractivity contribution in [2.45, 2.75) is 17.7 Å².